The van der Waals surface area contributed by atoms with Gasteiger partial charge in [0.1, 0.15) is 5.75 Å². The second kappa shape index (κ2) is 5.28. The molecule has 0 fully saturated rings. The highest BCUT2D eigenvalue weighted by Crippen LogP contribution is 2.28. The van der Waals surface area contributed by atoms with Crippen LogP contribution in [0.3, 0.4) is 0 Å². The predicted molar refractivity (Wildman–Crippen MR) is 72.2 cm³/mol. The summed E-state index contributed by atoms with van der Waals surface area (Å²) < 4.78 is 5.67. The predicted octanol–water partition coefficient (Wildman–Crippen LogP) is 3.84. The number of halogens is 1. The molecule has 2 aromatic rings. The molecule has 4 nitrogen and oxygen atoms in total. The van der Waals surface area contributed by atoms with Crippen LogP contribution in [0, 0.1) is 13.8 Å². The molecule has 5 heteroatoms. The third-order valence-corrected chi connectivity index (χ3v) is 2.86. The van der Waals surface area contributed by atoms with E-state index in [1.54, 1.807) is 25.1 Å². The number of ether oxygens (including phenoxy) is 1. The fourth-order valence-electron chi connectivity index (χ4n) is 1.62. The lowest BCUT2D eigenvalue weighted by atomic mass is 10.2. The van der Waals surface area contributed by atoms with Crippen LogP contribution >= 0.6 is 11.6 Å². The van der Waals surface area contributed by atoms with Crippen LogP contribution in [-0.4, -0.2) is 16.1 Å². The highest BCUT2D eigenvalue weighted by atomic mass is 35.5. The molecule has 1 heterocycles. The van der Waals surface area contributed by atoms with E-state index in [4.69, 9.17) is 21.4 Å². The number of rotatable bonds is 3. The van der Waals surface area contributed by atoms with Crippen LogP contribution in [0.4, 0.5) is 0 Å². The van der Waals surface area contributed by atoms with Gasteiger partial charge in [-0.2, -0.15) is 0 Å². The molecule has 0 bridgehead atoms. The molecule has 0 amide bonds. The van der Waals surface area contributed by atoms with Crippen molar-refractivity contribution in [2.24, 2.45) is 0 Å². The van der Waals surface area contributed by atoms with Gasteiger partial charge in [-0.15, -0.1) is 0 Å². The molecule has 19 heavy (non-hydrogen) atoms. The number of hydrogen-bond donors (Lipinski definition) is 1. The van der Waals surface area contributed by atoms with E-state index in [2.05, 4.69) is 4.98 Å². The minimum atomic E-state index is -1.01. The summed E-state index contributed by atoms with van der Waals surface area (Å²) >= 11 is 5.87. The lowest BCUT2D eigenvalue weighted by Crippen LogP contribution is -2.00. The zero-order valence-electron chi connectivity index (χ0n) is 10.5. The minimum Gasteiger partial charge on any atom is -0.478 e. The lowest BCUT2D eigenvalue weighted by Gasteiger charge is -2.10. The third kappa shape index (κ3) is 3.03. The van der Waals surface area contributed by atoms with E-state index in [1.807, 2.05) is 6.92 Å². The van der Waals surface area contributed by atoms with Crippen molar-refractivity contribution in [3.63, 3.8) is 0 Å². The van der Waals surface area contributed by atoms with Crippen molar-refractivity contribution in [3.8, 4) is 11.6 Å². The van der Waals surface area contributed by atoms with Crippen LogP contribution in [0.5, 0.6) is 11.6 Å². The molecule has 0 aliphatic rings. The first-order chi connectivity index (χ1) is 8.97. The molecular weight excluding hydrogens is 266 g/mol. The van der Waals surface area contributed by atoms with E-state index in [0.29, 0.717) is 22.2 Å². The maximum atomic E-state index is 10.8. The zero-order chi connectivity index (χ0) is 14.0. The van der Waals surface area contributed by atoms with Crippen molar-refractivity contribution in [2.75, 3.05) is 0 Å². The summed E-state index contributed by atoms with van der Waals surface area (Å²) in [5, 5.41) is 9.50. The number of pyridine rings is 1. The van der Waals surface area contributed by atoms with Crippen molar-refractivity contribution >= 4 is 17.6 Å². The molecule has 0 atom stereocenters. The Kier molecular flexibility index (Phi) is 3.71. The Morgan fingerprint density at radius 2 is 2.00 bits per heavy atom. The number of carboxylic acid groups (broad SMARTS) is 1. The average Bonchev–Trinajstić information content (AvgIpc) is 2.34. The first-order valence-corrected chi connectivity index (χ1v) is 5.99. The average molecular weight is 278 g/mol. The van der Waals surface area contributed by atoms with Gasteiger partial charge in [-0.05, 0) is 43.7 Å². The second-order valence-corrected chi connectivity index (χ2v) is 4.60. The van der Waals surface area contributed by atoms with E-state index < -0.39 is 5.97 Å². The fraction of sp³-hybridized carbons (Fsp3) is 0.143. The molecule has 0 saturated carbocycles. The zero-order valence-corrected chi connectivity index (χ0v) is 11.2. The van der Waals surface area contributed by atoms with Gasteiger partial charge >= 0.3 is 5.97 Å². The number of nitrogens with zero attached hydrogens (tertiary/aromatic N) is 1. The maximum absolute atomic E-state index is 10.8. The molecule has 0 unspecified atom stereocenters. The highest BCUT2D eigenvalue weighted by molar-refractivity contribution is 6.30. The van der Waals surface area contributed by atoms with E-state index in [-0.39, 0.29) is 5.56 Å². The molecule has 0 saturated heterocycles. The maximum Gasteiger partial charge on any atom is 0.337 e. The van der Waals surface area contributed by atoms with Crippen molar-refractivity contribution in [2.45, 2.75) is 13.8 Å². The van der Waals surface area contributed by atoms with Gasteiger partial charge < -0.3 is 9.84 Å². The Hall–Kier alpha value is -2.07. The van der Waals surface area contributed by atoms with E-state index in [0.717, 1.165) is 5.56 Å². The van der Waals surface area contributed by atoms with Gasteiger partial charge in [-0.1, -0.05) is 11.6 Å². The fourth-order valence-corrected chi connectivity index (χ4v) is 1.84. The van der Waals surface area contributed by atoms with Crippen molar-refractivity contribution in [1.82, 2.24) is 4.98 Å². The van der Waals surface area contributed by atoms with Gasteiger partial charge in [-0.3, -0.25) is 0 Å². The topological polar surface area (TPSA) is 59.4 Å². The van der Waals surface area contributed by atoms with Gasteiger partial charge in [0.15, 0.2) is 0 Å². The number of carboxylic acids is 1. The number of aromatic nitrogens is 1. The third-order valence-electron chi connectivity index (χ3n) is 2.62. The number of aryl methyl sites for hydroxylation is 2. The molecule has 1 aromatic carbocycles. The Balaban J connectivity index is 2.31. The number of hydrogen-bond acceptors (Lipinski definition) is 3. The van der Waals surface area contributed by atoms with Crippen LogP contribution in [0.15, 0.2) is 30.5 Å². The van der Waals surface area contributed by atoms with Crippen LogP contribution in [0.2, 0.25) is 5.02 Å². The quantitative estimate of drug-likeness (QED) is 0.926. The number of aromatic carboxylic acids is 1. The van der Waals surface area contributed by atoms with E-state index in [1.165, 1.54) is 12.3 Å². The highest BCUT2D eigenvalue weighted by Gasteiger charge is 2.10. The largest absolute Gasteiger partial charge is 0.478 e. The van der Waals surface area contributed by atoms with Gasteiger partial charge in [0.25, 0.3) is 0 Å². The van der Waals surface area contributed by atoms with Crippen molar-refractivity contribution < 1.29 is 14.6 Å². The normalized spacial score (nSPS) is 10.3. The Morgan fingerprint density at radius 3 is 2.58 bits per heavy atom. The Labute approximate surface area is 115 Å². The van der Waals surface area contributed by atoms with Crippen LogP contribution in [0.25, 0.3) is 0 Å². The summed E-state index contributed by atoms with van der Waals surface area (Å²) in [4.78, 5) is 14.8. The van der Waals surface area contributed by atoms with Crippen molar-refractivity contribution in [3.05, 3.63) is 52.2 Å². The summed E-state index contributed by atoms with van der Waals surface area (Å²) in [7, 11) is 0. The smallest absolute Gasteiger partial charge is 0.337 e. The molecule has 0 aliphatic carbocycles. The molecule has 98 valence electrons. The van der Waals surface area contributed by atoms with Crippen LogP contribution < -0.4 is 4.74 Å². The molecule has 1 N–H and O–H groups in total. The summed E-state index contributed by atoms with van der Waals surface area (Å²) in [6.07, 6.45) is 1.27. The number of carbonyl (C=O) groups is 1. The van der Waals surface area contributed by atoms with Gasteiger partial charge in [0.05, 0.1) is 5.56 Å². The second-order valence-electron chi connectivity index (χ2n) is 4.16. The van der Waals surface area contributed by atoms with Gasteiger partial charge in [0, 0.05) is 16.8 Å². The van der Waals surface area contributed by atoms with Gasteiger partial charge in [0.2, 0.25) is 5.88 Å². The first-order valence-electron chi connectivity index (χ1n) is 5.61. The Morgan fingerprint density at radius 1 is 1.26 bits per heavy atom. The first kappa shape index (κ1) is 13.4. The monoisotopic (exact) mass is 277 g/mol. The summed E-state index contributed by atoms with van der Waals surface area (Å²) in [5.74, 6) is 0.0170. The van der Waals surface area contributed by atoms with Crippen molar-refractivity contribution in [1.29, 1.82) is 0 Å². The standard InChI is InChI=1S/C14H12ClNO3/c1-8-6-11(15)3-4-12(8)19-13-9(2)5-10(7-16-13)14(17)18/h3-7H,1-2H3,(H,17,18). The SMILES string of the molecule is Cc1cc(Cl)ccc1Oc1ncc(C(=O)O)cc1C. The number of benzene rings is 1. The molecule has 1 aromatic heterocycles. The van der Waals surface area contributed by atoms with Gasteiger partial charge in [-0.25, -0.2) is 9.78 Å². The van der Waals surface area contributed by atoms with E-state index in [9.17, 15) is 4.79 Å². The van der Waals surface area contributed by atoms with E-state index >= 15 is 0 Å². The molecule has 0 radical (unpaired) electrons. The summed E-state index contributed by atoms with van der Waals surface area (Å²) in [6, 6.07) is 6.79. The molecule has 2 rings (SSSR count). The summed E-state index contributed by atoms with van der Waals surface area (Å²) in [5.41, 5.74) is 1.68. The molecule has 0 aliphatic heterocycles. The van der Waals surface area contributed by atoms with Crippen LogP contribution in [-0.2, 0) is 0 Å². The summed E-state index contributed by atoms with van der Waals surface area (Å²) in [6.45, 7) is 3.63. The molecular formula is C14H12ClNO3. The minimum absolute atomic E-state index is 0.137. The van der Waals surface area contributed by atoms with Crippen LogP contribution in [0.1, 0.15) is 21.5 Å². The lowest BCUT2D eigenvalue weighted by molar-refractivity contribution is 0.0696. The Bertz CT molecular complexity index is 641. The molecule has 0 spiro atoms.